The number of hydrogen-bond acceptors (Lipinski definition) is 3. The fourth-order valence-electron chi connectivity index (χ4n) is 1.34. The van der Waals surface area contributed by atoms with Crippen LogP contribution in [-0.4, -0.2) is 36.4 Å². The van der Waals surface area contributed by atoms with E-state index in [0.29, 0.717) is 18.2 Å². The Bertz CT molecular complexity index is 440. The van der Waals surface area contributed by atoms with E-state index >= 15 is 0 Å². The molecule has 1 aromatic carbocycles. The predicted molar refractivity (Wildman–Crippen MR) is 89.5 cm³/mol. The first-order valence-corrected chi connectivity index (χ1v) is 7.99. The van der Waals surface area contributed by atoms with Crippen LogP contribution in [0, 0.1) is 0 Å². The second-order valence-corrected chi connectivity index (χ2v) is 5.98. The monoisotopic (exact) mass is 331 g/mol. The molecule has 1 aromatic rings. The van der Waals surface area contributed by atoms with Gasteiger partial charge >= 0.3 is 0 Å². The number of hydrogen-bond donors (Lipinski definition) is 3. The highest BCUT2D eigenvalue weighted by atomic mass is 35.5. The van der Waals surface area contributed by atoms with Gasteiger partial charge in [0.2, 0.25) is 5.91 Å². The van der Waals surface area contributed by atoms with Crippen molar-refractivity contribution in [1.29, 1.82) is 0 Å². The van der Waals surface area contributed by atoms with Crippen LogP contribution in [0.25, 0.3) is 0 Å². The first-order chi connectivity index (χ1) is 9.58. The van der Waals surface area contributed by atoms with Gasteiger partial charge in [0.15, 0.2) is 5.11 Å². The molecule has 0 fully saturated rings. The third kappa shape index (κ3) is 8.24. The standard InChI is InChI=1S/C13H18ClN3OS2/c1-10(18)15-6-7-16-13(19)17-8-9-20-12-4-2-11(14)3-5-12/h2-5H,6-9H2,1H3,(H,15,18)(H2,16,17,19). The molecule has 0 bridgehead atoms. The molecular formula is C13H18ClN3OS2. The molecule has 0 saturated carbocycles. The summed E-state index contributed by atoms with van der Waals surface area (Å²) in [6.07, 6.45) is 0. The maximum absolute atomic E-state index is 10.7. The molecule has 0 unspecified atom stereocenters. The Morgan fingerprint density at radius 3 is 2.40 bits per heavy atom. The number of benzene rings is 1. The summed E-state index contributed by atoms with van der Waals surface area (Å²) in [4.78, 5) is 11.8. The van der Waals surface area contributed by atoms with E-state index in [9.17, 15) is 4.79 Å². The highest BCUT2D eigenvalue weighted by molar-refractivity contribution is 7.99. The maximum Gasteiger partial charge on any atom is 0.216 e. The molecule has 0 radical (unpaired) electrons. The fraction of sp³-hybridized carbons (Fsp3) is 0.385. The zero-order valence-electron chi connectivity index (χ0n) is 11.2. The lowest BCUT2D eigenvalue weighted by molar-refractivity contribution is -0.118. The van der Waals surface area contributed by atoms with Crippen LogP contribution in [0.3, 0.4) is 0 Å². The minimum absolute atomic E-state index is 0.0370. The normalized spacial score (nSPS) is 9.90. The van der Waals surface area contributed by atoms with Gasteiger partial charge in [-0.1, -0.05) is 11.6 Å². The Hall–Kier alpha value is -0.980. The minimum Gasteiger partial charge on any atom is -0.362 e. The third-order valence-electron chi connectivity index (χ3n) is 2.25. The summed E-state index contributed by atoms with van der Waals surface area (Å²) in [6.45, 7) is 3.45. The van der Waals surface area contributed by atoms with Gasteiger partial charge in [0.25, 0.3) is 0 Å². The van der Waals surface area contributed by atoms with Crippen molar-refractivity contribution in [3.63, 3.8) is 0 Å². The molecule has 0 aromatic heterocycles. The maximum atomic E-state index is 10.7. The highest BCUT2D eigenvalue weighted by Gasteiger charge is 1.97. The molecule has 0 atom stereocenters. The van der Waals surface area contributed by atoms with Crippen LogP contribution in [-0.2, 0) is 4.79 Å². The molecule has 0 saturated heterocycles. The average Bonchev–Trinajstić information content (AvgIpc) is 2.41. The van der Waals surface area contributed by atoms with Crippen LogP contribution in [0.15, 0.2) is 29.2 Å². The largest absolute Gasteiger partial charge is 0.362 e. The number of thioether (sulfide) groups is 1. The number of amides is 1. The number of rotatable bonds is 7. The van der Waals surface area contributed by atoms with E-state index in [1.54, 1.807) is 11.8 Å². The lowest BCUT2D eigenvalue weighted by Gasteiger charge is -2.10. The van der Waals surface area contributed by atoms with Crippen LogP contribution in [0.5, 0.6) is 0 Å². The van der Waals surface area contributed by atoms with Gasteiger partial charge in [0, 0.05) is 42.2 Å². The SMILES string of the molecule is CC(=O)NCCNC(=S)NCCSc1ccc(Cl)cc1. The van der Waals surface area contributed by atoms with Gasteiger partial charge in [0.1, 0.15) is 0 Å². The Morgan fingerprint density at radius 1 is 1.15 bits per heavy atom. The number of nitrogens with one attached hydrogen (secondary N) is 3. The molecule has 0 aliphatic carbocycles. The molecule has 7 heteroatoms. The molecule has 1 rings (SSSR count). The highest BCUT2D eigenvalue weighted by Crippen LogP contribution is 2.19. The summed E-state index contributed by atoms with van der Waals surface area (Å²) < 4.78 is 0. The Labute approximate surface area is 134 Å². The summed E-state index contributed by atoms with van der Waals surface area (Å²) >= 11 is 12.7. The van der Waals surface area contributed by atoms with Crippen LogP contribution in [0.1, 0.15) is 6.92 Å². The van der Waals surface area contributed by atoms with Gasteiger partial charge in [-0.2, -0.15) is 0 Å². The summed E-state index contributed by atoms with van der Waals surface area (Å²) in [5.41, 5.74) is 0. The Morgan fingerprint density at radius 2 is 1.75 bits per heavy atom. The molecule has 4 nitrogen and oxygen atoms in total. The van der Waals surface area contributed by atoms with Crippen molar-refractivity contribution >= 4 is 46.6 Å². The molecule has 110 valence electrons. The van der Waals surface area contributed by atoms with E-state index < -0.39 is 0 Å². The molecule has 0 aliphatic heterocycles. The Balaban J connectivity index is 2.04. The van der Waals surface area contributed by atoms with Gasteiger partial charge in [-0.25, -0.2) is 0 Å². The molecule has 20 heavy (non-hydrogen) atoms. The number of carbonyl (C=O) groups is 1. The van der Waals surface area contributed by atoms with Crippen LogP contribution < -0.4 is 16.0 Å². The number of halogens is 1. The number of carbonyl (C=O) groups excluding carboxylic acids is 1. The quantitative estimate of drug-likeness (QED) is 0.405. The van der Waals surface area contributed by atoms with E-state index in [1.807, 2.05) is 24.3 Å². The molecule has 1 amide bonds. The Kier molecular flexibility index (Phi) is 8.41. The zero-order chi connectivity index (χ0) is 14.8. The first-order valence-electron chi connectivity index (χ1n) is 6.22. The summed E-state index contributed by atoms with van der Waals surface area (Å²) in [5, 5.41) is 10.2. The molecule has 3 N–H and O–H groups in total. The van der Waals surface area contributed by atoms with Crippen LogP contribution in [0.4, 0.5) is 0 Å². The van der Waals surface area contributed by atoms with Gasteiger partial charge in [-0.05, 0) is 36.5 Å². The van der Waals surface area contributed by atoms with E-state index in [2.05, 4.69) is 16.0 Å². The zero-order valence-corrected chi connectivity index (χ0v) is 13.6. The molecular weight excluding hydrogens is 314 g/mol. The minimum atomic E-state index is -0.0370. The van der Waals surface area contributed by atoms with E-state index in [0.717, 1.165) is 17.3 Å². The molecule has 0 aliphatic rings. The average molecular weight is 332 g/mol. The summed E-state index contributed by atoms with van der Waals surface area (Å²) in [5.74, 6) is 0.875. The summed E-state index contributed by atoms with van der Waals surface area (Å²) in [6, 6.07) is 7.76. The lowest BCUT2D eigenvalue weighted by Crippen LogP contribution is -2.40. The summed E-state index contributed by atoms with van der Waals surface area (Å²) in [7, 11) is 0. The third-order valence-corrected chi connectivity index (χ3v) is 3.81. The van der Waals surface area contributed by atoms with E-state index in [4.69, 9.17) is 23.8 Å². The van der Waals surface area contributed by atoms with Crippen molar-refractivity contribution in [1.82, 2.24) is 16.0 Å². The smallest absolute Gasteiger partial charge is 0.216 e. The van der Waals surface area contributed by atoms with Crippen molar-refractivity contribution in [2.75, 3.05) is 25.4 Å². The predicted octanol–water partition coefficient (Wildman–Crippen LogP) is 2.03. The van der Waals surface area contributed by atoms with E-state index in [1.165, 1.54) is 11.8 Å². The molecule has 0 heterocycles. The fourth-order valence-corrected chi connectivity index (χ4v) is 2.44. The van der Waals surface area contributed by atoms with Crippen molar-refractivity contribution < 1.29 is 4.79 Å². The number of thiocarbonyl (C=S) groups is 1. The van der Waals surface area contributed by atoms with Gasteiger partial charge in [-0.15, -0.1) is 11.8 Å². The van der Waals surface area contributed by atoms with Crippen LogP contribution in [0.2, 0.25) is 5.02 Å². The van der Waals surface area contributed by atoms with Gasteiger partial charge in [0.05, 0.1) is 0 Å². The van der Waals surface area contributed by atoms with Crippen molar-refractivity contribution in [2.24, 2.45) is 0 Å². The second kappa shape index (κ2) is 9.85. The lowest BCUT2D eigenvalue weighted by atomic mass is 10.4. The van der Waals surface area contributed by atoms with Gasteiger partial charge < -0.3 is 16.0 Å². The van der Waals surface area contributed by atoms with Crippen LogP contribution >= 0.6 is 35.6 Å². The van der Waals surface area contributed by atoms with Crippen molar-refractivity contribution in [2.45, 2.75) is 11.8 Å². The van der Waals surface area contributed by atoms with Crippen molar-refractivity contribution in [3.05, 3.63) is 29.3 Å². The molecule has 0 spiro atoms. The van der Waals surface area contributed by atoms with E-state index in [-0.39, 0.29) is 5.91 Å². The van der Waals surface area contributed by atoms with Crippen molar-refractivity contribution in [3.8, 4) is 0 Å². The second-order valence-electron chi connectivity index (χ2n) is 3.97. The van der Waals surface area contributed by atoms with Gasteiger partial charge in [-0.3, -0.25) is 4.79 Å². The topological polar surface area (TPSA) is 53.2 Å². The first kappa shape index (κ1) is 17.1.